The van der Waals surface area contributed by atoms with Crippen LogP contribution in [0.3, 0.4) is 0 Å². The quantitative estimate of drug-likeness (QED) is 0.775. The molecule has 3 heterocycles. The van der Waals surface area contributed by atoms with Crippen LogP contribution in [0.4, 0.5) is 0 Å². The smallest absolute Gasteiger partial charge is 0.307 e. The third-order valence-corrected chi connectivity index (χ3v) is 4.81. The second-order valence-corrected chi connectivity index (χ2v) is 6.55. The molecule has 1 fully saturated rings. The van der Waals surface area contributed by atoms with E-state index in [4.69, 9.17) is 18.9 Å². The monoisotopic (exact) mass is 373 g/mol. The Morgan fingerprint density at radius 1 is 1.37 bits per heavy atom. The van der Waals surface area contributed by atoms with Crippen LogP contribution in [0, 0.1) is 0 Å². The second-order valence-electron chi connectivity index (χ2n) is 6.55. The molecule has 0 unspecified atom stereocenters. The van der Waals surface area contributed by atoms with E-state index in [-0.39, 0.29) is 18.8 Å². The number of nitrogens with one attached hydrogen (secondary N) is 1. The van der Waals surface area contributed by atoms with Crippen LogP contribution in [0.1, 0.15) is 18.9 Å². The van der Waals surface area contributed by atoms with Crippen molar-refractivity contribution < 1.29 is 23.7 Å². The Hall–Kier alpha value is -2.58. The molecular weight excluding hydrogens is 350 g/mol. The van der Waals surface area contributed by atoms with E-state index >= 15 is 0 Å². The van der Waals surface area contributed by atoms with Crippen molar-refractivity contribution in [2.75, 3.05) is 33.2 Å². The molecule has 0 spiro atoms. The highest BCUT2D eigenvalue weighted by Gasteiger charge is 2.27. The van der Waals surface area contributed by atoms with Crippen molar-refractivity contribution in [1.82, 2.24) is 15.1 Å². The van der Waals surface area contributed by atoms with Crippen molar-refractivity contribution in [3.63, 3.8) is 0 Å². The number of nitrogens with zero attached hydrogens (tertiary/aromatic N) is 2. The first-order valence-electron chi connectivity index (χ1n) is 9.14. The van der Waals surface area contributed by atoms with Crippen LogP contribution in [0.25, 0.3) is 11.3 Å². The number of benzene rings is 1. The zero-order valence-electron chi connectivity index (χ0n) is 15.3. The van der Waals surface area contributed by atoms with Crippen LogP contribution in [0.5, 0.6) is 11.5 Å². The molecule has 0 saturated carbocycles. The lowest BCUT2D eigenvalue weighted by Gasteiger charge is -2.35. The number of hydrogen-bond donors (Lipinski definition) is 1. The number of aromatic amines is 1. The zero-order chi connectivity index (χ0) is 18.6. The molecule has 0 aliphatic carbocycles. The first kappa shape index (κ1) is 17.8. The molecule has 2 aromatic rings. The maximum atomic E-state index is 11.9. The van der Waals surface area contributed by atoms with Gasteiger partial charge < -0.3 is 18.9 Å². The molecule has 2 aliphatic heterocycles. The second kappa shape index (κ2) is 7.98. The van der Waals surface area contributed by atoms with Gasteiger partial charge in [-0.2, -0.15) is 5.10 Å². The molecule has 0 bridgehead atoms. The summed E-state index contributed by atoms with van der Waals surface area (Å²) in [7, 11) is 0. The molecule has 27 heavy (non-hydrogen) atoms. The molecule has 1 aromatic heterocycles. The number of fused-ring (bicyclic) bond motifs is 1. The summed E-state index contributed by atoms with van der Waals surface area (Å²) in [4.78, 5) is 14.2. The lowest BCUT2D eigenvalue weighted by atomic mass is 10.1. The topological polar surface area (TPSA) is 85.9 Å². The number of H-pyrrole nitrogens is 1. The summed E-state index contributed by atoms with van der Waals surface area (Å²) in [6.45, 7) is 5.06. The minimum atomic E-state index is -0.193. The van der Waals surface area contributed by atoms with Crippen molar-refractivity contribution in [2.45, 2.75) is 25.9 Å². The highest BCUT2D eigenvalue weighted by Crippen LogP contribution is 2.36. The summed E-state index contributed by atoms with van der Waals surface area (Å²) in [5.41, 5.74) is 2.99. The minimum absolute atomic E-state index is 0.00250. The Morgan fingerprint density at radius 2 is 2.26 bits per heavy atom. The third-order valence-electron chi connectivity index (χ3n) is 4.81. The normalized spacial score (nSPS) is 19.2. The first-order chi connectivity index (χ1) is 13.2. The molecule has 144 valence electrons. The van der Waals surface area contributed by atoms with Gasteiger partial charge >= 0.3 is 5.97 Å². The van der Waals surface area contributed by atoms with Crippen LogP contribution < -0.4 is 9.47 Å². The Bertz CT molecular complexity index is 806. The Kier molecular flexibility index (Phi) is 5.26. The predicted molar refractivity (Wildman–Crippen MR) is 96.4 cm³/mol. The van der Waals surface area contributed by atoms with Crippen LogP contribution in [-0.2, 0) is 20.8 Å². The summed E-state index contributed by atoms with van der Waals surface area (Å²) in [6.07, 6.45) is 2.15. The van der Waals surface area contributed by atoms with Gasteiger partial charge in [0.15, 0.2) is 11.5 Å². The Labute approximate surface area is 157 Å². The molecule has 0 amide bonds. The highest BCUT2D eigenvalue weighted by atomic mass is 16.7. The number of rotatable bonds is 6. The van der Waals surface area contributed by atoms with Crippen LogP contribution >= 0.6 is 0 Å². The first-order valence-corrected chi connectivity index (χ1v) is 9.14. The van der Waals surface area contributed by atoms with Crippen LogP contribution in [-0.4, -0.2) is 60.3 Å². The van der Waals surface area contributed by atoms with Gasteiger partial charge in [0.25, 0.3) is 0 Å². The van der Waals surface area contributed by atoms with Gasteiger partial charge in [0.05, 0.1) is 38.1 Å². The average molecular weight is 373 g/mol. The van der Waals surface area contributed by atoms with E-state index in [1.807, 2.05) is 31.3 Å². The summed E-state index contributed by atoms with van der Waals surface area (Å²) < 4.78 is 21.5. The molecule has 2 aliphatic rings. The van der Waals surface area contributed by atoms with Crippen LogP contribution in [0.2, 0.25) is 0 Å². The van der Waals surface area contributed by atoms with Crippen molar-refractivity contribution >= 4 is 5.97 Å². The van der Waals surface area contributed by atoms with Gasteiger partial charge in [0.2, 0.25) is 6.79 Å². The number of ether oxygens (including phenoxy) is 4. The largest absolute Gasteiger partial charge is 0.466 e. The number of aromatic nitrogens is 2. The van der Waals surface area contributed by atoms with E-state index in [1.54, 1.807) is 0 Å². The molecule has 4 rings (SSSR count). The van der Waals surface area contributed by atoms with Gasteiger partial charge in [0.1, 0.15) is 0 Å². The summed E-state index contributed by atoms with van der Waals surface area (Å²) in [5, 5.41) is 7.31. The number of morpholine rings is 1. The number of carbonyl (C=O) groups is 1. The highest BCUT2D eigenvalue weighted by molar-refractivity contribution is 5.70. The molecule has 1 aromatic carbocycles. The maximum absolute atomic E-state index is 11.9. The Morgan fingerprint density at radius 3 is 3.15 bits per heavy atom. The molecule has 8 heteroatoms. The van der Waals surface area contributed by atoms with Gasteiger partial charge in [-0.05, 0) is 25.1 Å². The maximum Gasteiger partial charge on any atom is 0.307 e. The third kappa shape index (κ3) is 3.91. The van der Waals surface area contributed by atoms with Crippen molar-refractivity contribution in [3.8, 4) is 22.8 Å². The van der Waals surface area contributed by atoms with E-state index in [0.717, 1.165) is 34.9 Å². The van der Waals surface area contributed by atoms with Crippen molar-refractivity contribution in [1.29, 1.82) is 0 Å². The molecule has 1 N–H and O–H groups in total. The standard InChI is InChI=1S/C19H23N3O5/c1-2-25-18(23)8-15-11-24-6-5-22(15)10-14-9-20-21-19(14)13-3-4-16-17(7-13)27-12-26-16/h3-4,7,9,15H,2,5-6,8,10-12H2,1H3,(H,20,21)/t15-/m1/s1. The summed E-state index contributed by atoms with van der Waals surface area (Å²) >= 11 is 0. The minimum Gasteiger partial charge on any atom is -0.466 e. The SMILES string of the molecule is CCOC(=O)C[C@@H]1COCCN1Cc1cn[nH]c1-c1ccc2c(c1)OCO2. The van der Waals surface area contributed by atoms with Crippen molar-refractivity contribution in [2.24, 2.45) is 0 Å². The molecule has 1 saturated heterocycles. The zero-order valence-corrected chi connectivity index (χ0v) is 15.3. The fraction of sp³-hybridized carbons (Fsp3) is 0.474. The summed E-state index contributed by atoms with van der Waals surface area (Å²) in [5.74, 6) is 1.29. The van der Waals surface area contributed by atoms with E-state index in [9.17, 15) is 4.79 Å². The van der Waals surface area contributed by atoms with E-state index < -0.39 is 0 Å². The van der Waals surface area contributed by atoms with E-state index in [1.165, 1.54) is 0 Å². The predicted octanol–water partition coefficient (Wildman–Crippen LogP) is 1.96. The Balaban J connectivity index is 1.51. The molecule has 8 nitrogen and oxygen atoms in total. The molecule has 1 atom stereocenters. The van der Waals surface area contributed by atoms with Gasteiger partial charge in [-0.15, -0.1) is 0 Å². The molecular formula is C19H23N3O5. The number of esters is 1. The average Bonchev–Trinajstić information content (AvgIpc) is 3.32. The number of carbonyl (C=O) groups excluding carboxylic acids is 1. The van der Waals surface area contributed by atoms with Gasteiger partial charge in [-0.25, -0.2) is 0 Å². The van der Waals surface area contributed by atoms with Crippen LogP contribution in [0.15, 0.2) is 24.4 Å². The lowest BCUT2D eigenvalue weighted by Crippen LogP contribution is -2.46. The lowest BCUT2D eigenvalue weighted by molar-refractivity contribution is -0.146. The van der Waals surface area contributed by atoms with Gasteiger partial charge in [0, 0.05) is 30.3 Å². The fourth-order valence-corrected chi connectivity index (χ4v) is 3.45. The molecule has 0 radical (unpaired) electrons. The van der Waals surface area contributed by atoms with E-state index in [0.29, 0.717) is 32.8 Å². The summed E-state index contributed by atoms with van der Waals surface area (Å²) in [6, 6.07) is 5.84. The van der Waals surface area contributed by atoms with Gasteiger partial charge in [-0.1, -0.05) is 0 Å². The fourth-order valence-electron chi connectivity index (χ4n) is 3.45. The van der Waals surface area contributed by atoms with Crippen molar-refractivity contribution in [3.05, 3.63) is 30.0 Å². The van der Waals surface area contributed by atoms with E-state index in [2.05, 4.69) is 15.1 Å². The van der Waals surface area contributed by atoms with Gasteiger partial charge in [-0.3, -0.25) is 14.8 Å². The number of hydrogen-bond acceptors (Lipinski definition) is 7.